The first-order valence-electron chi connectivity index (χ1n) is 6.20. The Bertz CT molecular complexity index is 677. The fraction of sp³-hybridized carbons (Fsp3) is 0.133. The van der Waals surface area contributed by atoms with Crippen LogP contribution in [-0.4, -0.2) is 12.5 Å². The highest BCUT2D eigenvalue weighted by atomic mass is 79.9. The maximum absolute atomic E-state index is 13.7. The van der Waals surface area contributed by atoms with Crippen molar-refractivity contribution < 1.29 is 13.9 Å². The highest BCUT2D eigenvalue weighted by Gasteiger charge is 2.11. The average Bonchev–Trinajstić information content (AvgIpc) is 2.44. The molecule has 0 fully saturated rings. The van der Waals surface area contributed by atoms with E-state index >= 15 is 0 Å². The molecule has 0 aliphatic rings. The molecule has 2 aromatic rings. The molecule has 0 saturated heterocycles. The number of hydrogen-bond donors (Lipinski definition) is 1. The van der Waals surface area contributed by atoms with Gasteiger partial charge in [0.15, 0.2) is 0 Å². The van der Waals surface area contributed by atoms with Gasteiger partial charge in [-0.15, -0.1) is 0 Å². The van der Waals surface area contributed by atoms with Crippen LogP contribution in [-0.2, 0) is 0 Å². The van der Waals surface area contributed by atoms with Gasteiger partial charge in [0.05, 0.1) is 16.8 Å². The lowest BCUT2D eigenvalue weighted by atomic mass is 10.2. The second-order valence-electron chi connectivity index (χ2n) is 4.16. The normalized spacial score (nSPS) is 10.3. The second-order valence-corrected chi connectivity index (χ2v) is 5.93. The lowest BCUT2D eigenvalue weighted by Crippen LogP contribution is -2.13. The van der Waals surface area contributed by atoms with Gasteiger partial charge in [-0.2, -0.15) is 0 Å². The molecule has 21 heavy (non-hydrogen) atoms. The van der Waals surface area contributed by atoms with Gasteiger partial charge in [0, 0.05) is 10.0 Å². The summed E-state index contributed by atoms with van der Waals surface area (Å²) in [5.41, 5.74) is 0.542. The summed E-state index contributed by atoms with van der Waals surface area (Å²) in [4.78, 5) is 12.1. The first-order valence-corrected chi connectivity index (χ1v) is 7.78. The summed E-state index contributed by atoms with van der Waals surface area (Å²) < 4.78 is 20.4. The summed E-state index contributed by atoms with van der Waals surface area (Å²) in [6, 6.07) is 9.41. The molecule has 0 unspecified atom stereocenters. The molecule has 0 atom stereocenters. The Kier molecular flexibility index (Phi) is 5.36. The zero-order valence-electron chi connectivity index (χ0n) is 11.1. The van der Waals surface area contributed by atoms with Crippen molar-refractivity contribution in [2.45, 2.75) is 6.92 Å². The minimum Gasteiger partial charge on any atom is -0.493 e. The van der Waals surface area contributed by atoms with Crippen LogP contribution < -0.4 is 10.1 Å². The third-order valence-corrected chi connectivity index (χ3v) is 3.79. The molecule has 1 amide bonds. The average molecular weight is 417 g/mol. The SMILES string of the molecule is CCOc1ccc(C(=O)Nc2ccc(Br)cc2F)cc1Br. The van der Waals surface area contributed by atoms with Crippen molar-refractivity contribution in [3.63, 3.8) is 0 Å². The highest BCUT2D eigenvalue weighted by molar-refractivity contribution is 9.10. The smallest absolute Gasteiger partial charge is 0.255 e. The Morgan fingerprint density at radius 1 is 1.24 bits per heavy atom. The molecule has 1 N–H and O–H groups in total. The van der Waals surface area contributed by atoms with Crippen molar-refractivity contribution in [3.8, 4) is 5.75 Å². The third-order valence-electron chi connectivity index (χ3n) is 2.67. The van der Waals surface area contributed by atoms with E-state index in [1.54, 1.807) is 24.3 Å². The van der Waals surface area contributed by atoms with Crippen molar-refractivity contribution in [1.82, 2.24) is 0 Å². The van der Waals surface area contributed by atoms with E-state index in [2.05, 4.69) is 37.2 Å². The van der Waals surface area contributed by atoms with Gasteiger partial charge in [0.1, 0.15) is 11.6 Å². The van der Waals surface area contributed by atoms with Gasteiger partial charge in [-0.25, -0.2) is 4.39 Å². The molecule has 3 nitrogen and oxygen atoms in total. The largest absolute Gasteiger partial charge is 0.493 e. The minimum absolute atomic E-state index is 0.133. The first-order chi connectivity index (χ1) is 10.0. The fourth-order valence-corrected chi connectivity index (χ4v) is 2.53. The Morgan fingerprint density at radius 2 is 2.00 bits per heavy atom. The maximum Gasteiger partial charge on any atom is 0.255 e. The van der Waals surface area contributed by atoms with Crippen LogP contribution in [0.4, 0.5) is 10.1 Å². The number of halogens is 3. The van der Waals surface area contributed by atoms with Gasteiger partial charge in [-0.3, -0.25) is 4.79 Å². The fourth-order valence-electron chi connectivity index (χ4n) is 1.70. The summed E-state index contributed by atoms with van der Waals surface area (Å²) in [7, 11) is 0. The van der Waals surface area contributed by atoms with Crippen LogP contribution in [0.5, 0.6) is 5.75 Å². The van der Waals surface area contributed by atoms with E-state index in [0.717, 1.165) is 0 Å². The van der Waals surface area contributed by atoms with E-state index in [-0.39, 0.29) is 11.6 Å². The number of carbonyl (C=O) groups is 1. The summed E-state index contributed by atoms with van der Waals surface area (Å²) >= 11 is 6.51. The molecule has 0 aromatic heterocycles. The number of carbonyl (C=O) groups excluding carboxylic acids is 1. The predicted molar refractivity (Wildman–Crippen MR) is 87.4 cm³/mol. The molecule has 0 aliphatic carbocycles. The zero-order valence-corrected chi connectivity index (χ0v) is 14.3. The molecule has 0 heterocycles. The molecule has 2 rings (SSSR count). The molecule has 110 valence electrons. The Hall–Kier alpha value is -1.40. The first kappa shape index (κ1) is 16.0. The number of nitrogens with one attached hydrogen (secondary N) is 1. The molecular weight excluding hydrogens is 405 g/mol. The summed E-state index contributed by atoms with van der Waals surface area (Å²) in [6.07, 6.45) is 0. The summed E-state index contributed by atoms with van der Waals surface area (Å²) in [5.74, 6) is -0.230. The van der Waals surface area contributed by atoms with E-state index in [0.29, 0.717) is 26.9 Å². The minimum atomic E-state index is -0.497. The van der Waals surface area contributed by atoms with Crippen LogP contribution in [0.1, 0.15) is 17.3 Å². The van der Waals surface area contributed by atoms with Crippen LogP contribution in [0.2, 0.25) is 0 Å². The zero-order chi connectivity index (χ0) is 15.4. The molecule has 0 spiro atoms. The number of anilines is 1. The van der Waals surface area contributed by atoms with Crippen molar-refractivity contribution in [2.75, 3.05) is 11.9 Å². The molecule has 0 saturated carbocycles. The van der Waals surface area contributed by atoms with Gasteiger partial charge in [-0.1, -0.05) is 15.9 Å². The molecule has 0 radical (unpaired) electrons. The van der Waals surface area contributed by atoms with E-state index in [4.69, 9.17) is 4.74 Å². The third kappa shape index (κ3) is 4.04. The van der Waals surface area contributed by atoms with E-state index in [1.807, 2.05) is 6.92 Å². The van der Waals surface area contributed by atoms with Crippen LogP contribution in [0, 0.1) is 5.82 Å². The number of rotatable bonds is 4. The van der Waals surface area contributed by atoms with Crippen LogP contribution in [0.15, 0.2) is 45.3 Å². The lowest BCUT2D eigenvalue weighted by Gasteiger charge is -2.09. The van der Waals surface area contributed by atoms with Gasteiger partial charge < -0.3 is 10.1 Å². The van der Waals surface area contributed by atoms with Gasteiger partial charge >= 0.3 is 0 Å². The topological polar surface area (TPSA) is 38.3 Å². The van der Waals surface area contributed by atoms with Crippen LogP contribution in [0.25, 0.3) is 0 Å². The number of benzene rings is 2. The monoisotopic (exact) mass is 415 g/mol. The highest BCUT2D eigenvalue weighted by Crippen LogP contribution is 2.27. The van der Waals surface area contributed by atoms with Gasteiger partial charge in [-0.05, 0) is 59.3 Å². The van der Waals surface area contributed by atoms with Crippen molar-refractivity contribution in [3.05, 3.63) is 56.7 Å². The quantitative estimate of drug-likeness (QED) is 0.761. The molecule has 0 bridgehead atoms. The number of ether oxygens (including phenoxy) is 1. The second kappa shape index (κ2) is 7.04. The number of hydrogen-bond acceptors (Lipinski definition) is 2. The van der Waals surface area contributed by atoms with Crippen molar-refractivity contribution in [2.24, 2.45) is 0 Å². The van der Waals surface area contributed by atoms with E-state index < -0.39 is 5.82 Å². The predicted octanol–water partition coefficient (Wildman–Crippen LogP) is 5.00. The van der Waals surface area contributed by atoms with Crippen LogP contribution in [0.3, 0.4) is 0 Å². The molecule has 6 heteroatoms. The summed E-state index contributed by atoms with van der Waals surface area (Å²) in [6.45, 7) is 2.41. The van der Waals surface area contributed by atoms with Gasteiger partial charge in [0.2, 0.25) is 0 Å². The Labute approximate surface area is 138 Å². The lowest BCUT2D eigenvalue weighted by molar-refractivity contribution is 0.102. The van der Waals surface area contributed by atoms with E-state index in [9.17, 15) is 9.18 Å². The molecule has 2 aromatic carbocycles. The Morgan fingerprint density at radius 3 is 2.62 bits per heavy atom. The van der Waals surface area contributed by atoms with Gasteiger partial charge in [0.25, 0.3) is 5.91 Å². The van der Waals surface area contributed by atoms with Crippen LogP contribution >= 0.6 is 31.9 Å². The van der Waals surface area contributed by atoms with E-state index in [1.165, 1.54) is 12.1 Å². The molecule has 0 aliphatic heterocycles. The summed E-state index contributed by atoms with van der Waals surface area (Å²) in [5, 5.41) is 2.54. The number of amides is 1. The van der Waals surface area contributed by atoms with Crippen molar-refractivity contribution >= 4 is 43.5 Å². The molecular formula is C15H12Br2FNO2. The Balaban J connectivity index is 2.18. The maximum atomic E-state index is 13.7. The standard InChI is InChI=1S/C15H12Br2FNO2/c1-2-21-14-6-3-9(7-11(14)17)15(20)19-13-5-4-10(16)8-12(13)18/h3-8H,2H2,1H3,(H,19,20). The van der Waals surface area contributed by atoms with Crippen molar-refractivity contribution in [1.29, 1.82) is 0 Å².